The van der Waals surface area contributed by atoms with Crippen LogP contribution < -0.4 is 15.1 Å². The van der Waals surface area contributed by atoms with Gasteiger partial charge in [-0.2, -0.15) is 0 Å². The molecule has 1 atom stereocenters. The molecule has 6 nitrogen and oxygen atoms in total. The molecule has 3 rings (SSSR count). The summed E-state index contributed by atoms with van der Waals surface area (Å²) >= 11 is 1.39. The molecule has 0 bridgehead atoms. The van der Waals surface area contributed by atoms with Gasteiger partial charge in [-0.25, -0.2) is 4.39 Å². The van der Waals surface area contributed by atoms with Crippen LogP contribution in [0.4, 0.5) is 15.9 Å². The van der Waals surface area contributed by atoms with E-state index in [1.165, 1.54) is 23.9 Å². The van der Waals surface area contributed by atoms with E-state index >= 15 is 0 Å². The summed E-state index contributed by atoms with van der Waals surface area (Å²) in [5.74, 6) is 0.983. The molecule has 150 valence electrons. The van der Waals surface area contributed by atoms with Gasteiger partial charge in [0.2, 0.25) is 5.91 Å². The molecule has 1 N–H and O–H groups in total. The highest BCUT2D eigenvalue weighted by Crippen LogP contribution is 2.21. The fraction of sp³-hybridized carbons (Fsp3) is 0.450. The van der Waals surface area contributed by atoms with Gasteiger partial charge in [0.25, 0.3) is 0 Å². The Morgan fingerprint density at radius 1 is 1.11 bits per heavy atom. The van der Waals surface area contributed by atoms with Gasteiger partial charge < -0.3 is 15.1 Å². The van der Waals surface area contributed by atoms with Gasteiger partial charge in [0.05, 0.1) is 5.75 Å². The van der Waals surface area contributed by atoms with Crippen molar-refractivity contribution in [2.45, 2.75) is 31.3 Å². The van der Waals surface area contributed by atoms with E-state index in [1.807, 2.05) is 38.1 Å². The van der Waals surface area contributed by atoms with E-state index in [9.17, 15) is 9.18 Å². The zero-order valence-electron chi connectivity index (χ0n) is 16.3. The highest BCUT2D eigenvalue weighted by molar-refractivity contribution is 7.99. The van der Waals surface area contributed by atoms with Crippen molar-refractivity contribution in [2.24, 2.45) is 0 Å². The number of carbonyl (C=O) groups excluding carboxylic acids is 1. The van der Waals surface area contributed by atoms with Crippen LogP contribution in [-0.4, -0.2) is 54.1 Å². The van der Waals surface area contributed by atoms with Crippen LogP contribution in [0.3, 0.4) is 0 Å². The first-order valence-electron chi connectivity index (χ1n) is 9.56. The van der Waals surface area contributed by atoms with Gasteiger partial charge in [-0.15, -0.1) is 10.2 Å². The summed E-state index contributed by atoms with van der Waals surface area (Å²) in [6.07, 6.45) is 0.916. The number of piperazine rings is 1. The minimum absolute atomic E-state index is 0.0159. The summed E-state index contributed by atoms with van der Waals surface area (Å²) in [4.78, 5) is 16.3. The van der Waals surface area contributed by atoms with E-state index in [2.05, 4.69) is 25.3 Å². The maximum absolute atomic E-state index is 13.1. The maximum atomic E-state index is 13.1. The summed E-state index contributed by atoms with van der Waals surface area (Å²) in [5, 5.41) is 12.3. The lowest BCUT2D eigenvalue weighted by atomic mass is 10.2. The number of halogens is 1. The molecule has 2 heterocycles. The molecule has 2 aromatic rings. The van der Waals surface area contributed by atoms with Crippen LogP contribution in [0, 0.1) is 5.82 Å². The number of nitrogens with zero attached hydrogens (tertiary/aromatic N) is 4. The van der Waals surface area contributed by atoms with Crippen LogP contribution in [0.5, 0.6) is 0 Å². The Hall–Kier alpha value is -2.35. The first kappa shape index (κ1) is 20.4. The summed E-state index contributed by atoms with van der Waals surface area (Å²) in [7, 11) is 0. The second kappa shape index (κ2) is 9.73. The van der Waals surface area contributed by atoms with E-state index in [-0.39, 0.29) is 17.8 Å². The van der Waals surface area contributed by atoms with Crippen molar-refractivity contribution in [2.75, 3.05) is 41.7 Å². The number of thioether (sulfide) groups is 1. The third-order valence-corrected chi connectivity index (χ3v) is 5.71. The zero-order chi connectivity index (χ0) is 19.9. The lowest BCUT2D eigenvalue weighted by Gasteiger charge is -2.36. The highest BCUT2D eigenvalue weighted by Gasteiger charge is 2.19. The molecular weight excluding hydrogens is 377 g/mol. The van der Waals surface area contributed by atoms with E-state index in [1.54, 1.807) is 0 Å². The Kier molecular flexibility index (Phi) is 7.08. The molecular formula is C20H26FN5OS. The van der Waals surface area contributed by atoms with E-state index in [0.29, 0.717) is 5.75 Å². The number of hydrogen-bond acceptors (Lipinski definition) is 6. The molecule has 1 saturated heterocycles. The number of amides is 1. The van der Waals surface area contributed by atoms with Crippen molar-refractivity contribution in [3.8, 4) is 0 Å². The Balaban J connectivity index is 1.48. The predicted octanol–water partition coefficient (Wildman–Crippen LogP) is 2.95. The normalized spacial score (nSPS) is 15.4. The van der Waals surface area contributed by atoms with Crippen LogP contribution >= 0.6 is 11.8 Å². The number of carbonyl (C=O) groups is 1. The Labute approximate surface area is 169 Å². The van der Waals surface area contributed by atoms with Crippen LogP contribution in [-0.2, 0) is 4.79 Å². The van der Waals surface area contributed by atoms with Crippen LogP contribution in [0.25, 0.3) is 0 Å². The average molecular weight is 404 g/mol. The number of rotatable bonds is 7. The number of aromatic nitrogens is 2. The fourth-order valence-corrected chi connectivity index (χ4v) is 3.59. The van der Waals surface area contributed by atoms with Crippen molar-refractivity contribution >= 4 is 29.2 Å². The molecule has 1 aliphatic rings. The monoisotopic (exact) mass is 403 g/mol. The van der Waals surface area contributed by atoms with Gasteiger partial charge in [-0.05, 0) is 49.7 Å². The minimum atomic E-state index is -0.215. The molecule has 1 amide bonds. The molecule has 8 heteroatoms. The standard InChI is InChI=1S/C20H26FN5OS/c1-3-15(2)22-19(27)14-28-20-9-8-18(23-24-20)26-12-10-25(11-13-26)17-6-4-16(21)5-7-17/h4-9,15H,3,10-14H2,1-2H3,(H,22,27). The van der Waals surface area contributed by atoms with Crippen molar-refractivity contribution < 1.29 is 9.18 Å². The van der Waals surface area contributed by atoms with Gasteiger partial charge in [0.15, 0.2) is 5.82 Å². The van der Waals surface area contributed by atoms with Crippen LogP contribution in [0.1, 0.15) is 20.3 Å². The van der Waals surface area contributed by atoms with Gasteiger partial charge in [-0.3, -0.25) is 4.79 Å². The van der Waals surface area contributed by atoms with Gasteiger partial charge >= 0.3 is 0 Å². The van der Waals surface area contributed by atoms with Gasteiger partial charge in [0.1, 0.15) is 10.8 Å². The first-order chi connectivity index (χ1) is 13.5. The second-order valence-corrected chi connectivity index (χ2v) is 7.84. The molecule has 1 aliphatic heterocycles. The molecule has 0 aliphatic carbocycles. The van der Waals surface area contributed by atoms with Gasteiger partial charge in [-0.1, -0.05) is 18.7 Å². The van der Waals surface area contributed by atoms with Crippen molar-refractivity contribution in [3.63, 3.8) is 0 Å². The molecule has 1 fully saturated rings. The van der Waals surface area contributed by atoms with Crippen LogP contribution in [0.15, 0.2) is 41.4 Å². The molecule has 28 heavy (non-hydrogen) atoms. The number of anilines is 2. The largest absolute Gasteiger partial charge is 0.368 e. The highest BCUT2D eigenvalue weighted by atomic mass is 32.2. The Morgan fingerprint density at radius 2 is 1.79 bits per heavy atom. The first-order valence-corrected chi connectivity index (χ1v) is 10.5. The minimum Gasteiger partial charge on any atom is -0.368 e. The maximum Gasteiger partial charge on any atom is 0.230 e. The van der Waals surface area contributed by atoms with Crippen molar-refractivity contribution in [3.05, 3.63) is 42.2 Å². The smallest absolute Gasteiger partial charge is 0.230 e. The second-order valence-electron chi connectivity index (χ2n) is 6.85. The molecule has 1 aromatic carbocycles. The van der Waals surface area contributed by atoms with Gasteiger partial charge in [0, 0.05) is 37.9 Å². The summed E-state index contributed by atoms with van der Waals surface area (Å²) in [5.41, 5.74) is 1.04. The summed E-state index contributed by atoms with van der Waals surface area (Å²) < 4.78 is 13.1. The molecule has 0 saturated carbocycles. The third-order valence-electron chi connectivity index (χ3n) is 4.79. The number of nitrogens with one attached hydrogen (secondary N) is 1. The lowest BCUT2D eigenvalue weighted by Crippen LogP contribution is -2.46. The SMILES string of the molecule is CCC(C)NC(=O)CSc1ccc(N2CCN(c3ccc(F)cc3)CC2)nn1. The Morgan fingerprint density at radius 3 is 2.39 bits per heavy atom. The molecule has 1 unspecified atom stereocenters. The van der Waals surface area contributed by atoms with Crippen molar-refractivity contribution in [1.29, 1.82) is 0 Å². The number of benzene rings is 1. The Bertz CT molecular complexity index is 763. The van der Waals surface area contributed by atoms with E-state index in [0.717, 1.165) is 49.1 Å². The van der Waals surface area contributed by atoms with Crippen molar-refractivity contribution in [1.82, 2.24) is 15.5 Å². The topological polar surface area (TPSA) is 61.4 Å². The molecule has 1 aromatic heterocycles. The summed E-state index contributed by atoms with van der Waals surface area (Å²) in [6.45, 7) is 7.39. The lowest BCUT2D eigenvalue weighted by molar-refractivity contribution is -0.119. The fourth-order valence-electron chi connectivity index (χ4n) is 2.96. The predicted molar refractivity (Wildman–Crippen MR) is 111 cm³/mol. The number of hydrogen-bond donors (Lipinski definition) is 1. The molecule has 0 spiro atoms. The van der Waals surface area contributed by atoms with Crippen LogP contribution in [0.2, 0.25) is 0 Å². The average Bonchev–Trinajstić information content (AvgIpc) is 2.73. The zero-order valence-corrected chi connectivity index (χ0v) is 17.1. The quantitative estimate of drug-likeness (QED) is 0.718. The summed E-state index contributed by atoms with van der Waals surface area (Å²) in [6, 6.07) is 10.7. The third kappa shape index (κ3) is 5.58. The van der Waals surface area contributed by atoms with E-state index < -0.39 is 0 Å². The molecule has 0 radical (unpaired) electrons. The van der Waals surface area contributed by atoms with E-state index in [4.69, 9.17) is 0 Å².